The molecular formula is C30H32N4O5S. The first-order chi connectivity index (χ1) is 19.1. The van der Waals surface area contributed by atoms with Crippen molar-refractivity contribution < 1.29 is 14.3 Å². The second-order valence-corrected chi connectivity index (χ2v) is 11.4. The molecule has 0 bridgehead atoms. The minimum Gasteiger partial charge on any atom is -0.454 e. The summed E-state index contributed by atoms with van der Waals surface area (Å²) in [6, 6.07) is 12.9. The predicted octanol–water partition coefficient (Wildman–Crippen LogP) is 5.05. The van der Waals surface area contributed by atoms with Crippen LogP contribution in [0.15, 0.2) is 52.1 Å². The monoisotopic (exact) mass is 560 g/mol. The summed E-state index contributed by atoms with van der Waals surface area (Å²) in [5, 5.41) is 0.267. The van der Waals surface area contributed by atoms with Crippen LogP contribution >= 0.6 is 11.3 Å². The number of anilines is 1. The Kier molecular flexibility index (Phi) is 7.37. The topological polar surface area (TPSA) is 118 Å². The van der Waals surface area contributed by atoms with E-state index in [4.69, 9.17) is 20.2 Å². The van der Waals surface area contributed by atoms with Crippen molar-refractivity contribution in [1.29, 1.82) is 0 Å². The number of carbonyl (C=O) groups excluding carboxylic acids is 1. The Morgan fingerprint density at radius 3 is 2.45 bits per heavy atom. The highest BCUT2D eigenvalue weighted by Crippen LogP contribution is 2.40. The van der Waals surface area contributed by atoms with Gasteiger partial charge in [0.05, 0.1) is 5.69 Å². The number of nitrogens with zero attached hydrogens (tertiary/aromatic N) is 3. The normalized spacial score (nSPS) is 13.2. The number of fused-ring (bicyclic) bond motifs is 1. The molecule has 0 saturated heterocycles. The number of aromatic nitrogens is 3. The number of nitrogen functional groups attached to an aromatic ring is 1. The molecule has 10 heteroatoms. The first-order valence-electron chi connectivity index (χ1n) is 13.3. The third-order valence-electron chi connectivity index (χ3n) is 7.18. The molecule has 2 aromatic carbocycles. The smallest absolute Gasteiger partial charge is 0.332 e. The van der Waals surface area contributed by atoms with Crippen LogP contribution in [0.2, 0.25) is 0 Å². The summed E-state index contributed by atoms with van der Waals surface area (Å²) in [7, 11) is 1.42. The highest BCUT2D eigenvalue weighted by atomic mass is 32.1. The van der Waals surface area contributed by atoms with Gasteiger partial charge >= 0.3 is 5.69 Å². The van der Waals surface area contributed by atoms with E-state index in [0.29, 0.717) is 45.7 Å². The zero-order valence-corrected chi connectivity index (χ0v) is 24.0. The third-order valence-corrected chi connectivity index (χ3v) is 8.25. The summed E-state index contributed by atoms with van der Waals surface area (Å²) in [5.41, 5.74) is 8.19. The number of thiazole rings is 1. The van der Waals surface area contributed by atoms with Gasteiger partial charge in [0, 0.05) is 24.7 Å². The summed E-state index contributed by atoms with van der Waals surface area (Å²) < 4.78 is 13.4. The molecule has 2 N–H and O–H groups in total. The number of hydrogen-bond acceptors (Lipinski definition) is 8. The van der Waals surface area contributed by atoms with Crippen LogP contribution in [0.25, 0.3) is 21.8 Å². The lowest BCUT2D eigenvalue weighted by atomic mass is 9.96. The van der Waals surface area contributed by atoms with Gasteiger partial charge in [-0.2, -0.15) is 0 Å². The molecule has 40 heavy (non-hydrogen) atoms. The van der Waals surface area contributed by atoms with Gasteiger partial charge in [-0.1, -0.05) is 52.0 Å². The van der Waals surface area contributed by atoms with Crippen molar-refractivity contribution in [2.75, 3.05) is 12.5 Å². The summed E-state index contributed by atoms with van der Waals surface area (Å²) in [6.07, 6.45) is 0.995. The molecular weight excluding hydrogens is 528 g/mol. The molecule has 3 heterocycles. The van der Waals surface area contributed by atoms with Crippen molar-refractivity contribution in [3.05, 3.63) is 79.3 Å². The molecule has 208 valence electrons. The number of rotatable bonds is 8. The Balaban J connectivity index is 1.70. The molecule has 4 aromatic rings. The van der Waals surface area contributed by atoms with Gasteiger partial charge in [0.15, 0.2) is 11.5 Å². The number of hydrogen-bond donors (Lipinski definition) is 1. The van der Waals surface area contributed by atoms with E-state index in [0.717, 1.165) is 27.9 Å². The Morgan fingerprint density at radius 1 is 1.07 bits per heavy atom. The SMILES string of the molecule is CC[C@@H](C)c1ccc(C(=O)c2sc(-c3c(N)n(CC(C)C)c(=O)n(C)c3=O)nc2-c2ccc3c(c2)OCO3)cc1. The van der Waals surface area contributed by atoms with Crippen LogP contribution in [-0.2, 0) is 13.6 Å². The molecule has 0 spiro atoms. The van der Waals surface area contributed by atoms with E-state index in [2.05, 4.69) is 13.8 Å². The van der Waals surface area contributed by atoms with Crippen molar-refractivity contribution in [3.63, 3.8) is 0 Å². The molecule has 0 unspecified atom stereocenters. The van der Waals surface area contributed by atoms with E-state index in [1.54, 1.807) is 18.2 Å². The molecule has 0 aliphatic carbocycles. The fourth-order valence-electron chi connectivity index (χ4n) is 4.68. The fraction of sp³-hybridized carbons (Fsp3) is 0.333. The second-order valence-electron chi connectivity index (χ2n) is 10.4. The molecule has 1 atom stereocenters. The fourth-order valence-corrected chi connectivity index (χ4v) is 5.77. The lowest BCUT2D eigenvalue weighted by Gasteiger charge is -2.15. The number of carbonyl (C=O) groups is 1. The maximum atomic E-state index is 13.9. The summed E-state index contributed by atoms with van der Waals surface area (Å²) >= 11 is 1.09. The van der Waals surface area contributed by atoms with Crippen molar-refractivity contribution >= 4 is 22.9 Å². The van der Waals surface area contributed by atoms with Gasteiger partial charge in [-0.3, -0.25) is 18.7 Å². The van der Waals surface area contributed by atoms with E-state index >= 15 is 0 Å². The molecule has 0 amide bonds. The van der Waals surface area contributed by atoms with Crippen LogP contribution in [0, 0.1) is 5.92 Å². The number of nitrogens with two attached hydrogens (primary N) is 1. The van der Waals surface area contributed by atoms with Crippen LogP contribution in [0.4, 0.5) is 5.82 Å². The van der Waals surface area contributed by atoms with Crippen LogP contribution in [-0.4, -0.2) is 26.7 Å². The van der Waals surface area contributed by atoms with E-state index in [1.165, 1.54) is 11.6 Å². The van der Waals surface area contributed by atoms with Crippen LogP contribution < -0.4 is 26.5 Å². The molecule has 0 radical (unpaired) electrons. The number of ketones is 1. The lowest BCUT2D eigenvalue weighted by molar-refractivity contribution is 0.104. The van der Waals surface area contributed by atoms with Gasteiger partial charge < -0.3 is 15.2 Å². The Bertz CT molecular complexity index is 1720. The molecule has 2 aromatic heterocycles. The largest absolute Gasteiger partial charge is 0.454 e. The summed E-state index contributed by atoms with van der Waals surface area (Å²) in [4.78, 5) is 45.3. The van der Waals surface area contributed by atoms with Crippen molar-refractivity contribution in [1.82, 2.24) is 14.1 Å². The van der Waals surface area contributed by atoms with Crippen LogP contribution in [0.1, 0.15) is 60.8 Å². The van der Waals surface area contributed by atoms with Gasteiger partial charge in [-0.05, 0) is 42.0 Å². The zero-order valence-electron chi connectivity index (χ0n) is 23.2. The maximum Gasteiger partial charge on any atom is 0.332 e. The first kappa shape index (κ1) is 27.4. The maximum absolute atomic E-state index is 13.9. The number of ether oxygens (including phenoxy) is 2. The number of benzene rings is 2. The third kappa shape index (κ3) is 4.83. The van der Waals surface area contributed by atoms with E-state index in [9.17, 15) is 14.4 Å². The van der Waals surface area contributed by atoms with Crippen molar-refractivity contribution in [2.24, 2.45) is 13.0 Å². The van der Waals surface area contributed by atoms with Gasteiger partial charge in [0.1, 0.15) is 21.3 Å². The second kappa shape index (κ2) is 10.8. The minimum atomic E-state index is -0.564. The van der Waals surface area contributed by atoms with Gasteiger partial charge in [0.2, 0.25) is 12.6 Å². The molecule has 5 rings (SSSR count). The molecule has 1 aliphatic heterocycles. The average Bonchev–Trinajstić information content (AvgIpc) is 3.60. The van der Waals surface area contributed by atoms with Crippen molar-refractivity contribution in [3.8, 4) is 33.3 Å². The highest BCUT2D eigenvalue weighted by Gasteiger charge is 2.27. The molecule has 9 nitrogen and oxygen atoms in total. The quantitative estimate of drug-likeness (QED) is 0.300. The molecule has 1 aliphatic rings. The van der Waals surface area contributed by atoms with E-state index in [1.807, 2.05) is 38.1 Å². The first-order valence-corrected chi connectivity index (χ1v) is 14.1. The standard InChI is InChI=1S/C30H32N4O5S/c1-6-17(4)18-7-9-19(10-8-18)25(35)26-24(20-11-12-21-22(13-20)39-15-38-21)32-28(40-26)23-27(31)34(14-16(2)3)30(37)33(5)29(23)36/h7-13,16-17H,6,14-15,31H2,1-5H3/t17-/m1/s1. The van der Waals surface area contributed by atoms with Crippen LogP contribution in [0.5, 0.6) is 11.5 Å². The Hall–Kier alpha value is -4.18. The van der Waals surface area contributed by atoms with E-state index in [-0.39, 0.29) is 34.9 Å². The Labute approximate surface area is 235 Å². The lowest BCUT2D eigenvalue weighted by Crippen LogP contribution is -2.41. The van der Waals surface area contributed by atoms with Gasteiger partial charge in [0.25, 0.3) is 5.56 Å². The van der Waals surface area contributed by atoms with E-state index < -0.39 is 11.2 Å². The van der Waals surface area contributed by atoms with Gasteiger partial charge in [-0.15, -0.1) is 11.3 Å². The van der Waals surface area contributed by atoms with Crippen LogP contribution in [0.3, 0.4) is 0 Å². The zero-order chi connectivity index (χ0) is 28.7. The molecule has 0 fully saturated rings. The van der Waals surface area contributed by atoms with Crippen molar-refractivity contribution in [2.45, 2.75) is 46.6 Å². The summed E-state index contributed by atoms with van der Waals surface area (Å²) in [5.74, 6) is 1.45. The minimum absolute atomic E-state index is 0.0321. The predicted molar refractivity (Wildman–Crippen MR) is 156 cm³/mol. The summed E-state index contributed by atoms with van der Waals surface area (Å²) in [6.45, 7) is 8.64. The van der Waals surface area contributed by atoms with Gasteiger partial charge in [-0.25, -0.2) is 9.78 Å². The Morgan fingerprint density at radius 2 is 1.77 bits per heavy atom. The average molecular weight is 561 g/mol. The molecule has 0 saturated carbocycles. The highest BCUT2D eigenvalue weighted by molar-refractivity contribution is 7.17.